The maximum atomic E-state index is 11.9. The van der Waals surface area contributed by atoms with Crippen LogP contribution in [0.15, 0.2) is 0 Å². The lowest BCUT2D eigenvalue weighted by Crippen LogP contribution is -2.45. The molecule has 0 aromatic heterocycles. The molecule has 4 heteroatoms. The molecular formula is C13H29N3O. The van der Waals surface area contributed by atoms with Crippen molar-refractivity contribution in [1.82, 2.24) is 9.80 Å². The summed E-state index contributed by atoms with van der Waals surface area (Å²) in [5, 5.41) is 0. The van der Waals surface area contributed by atoms with Crippen LogP contribution in [0.5, 0.6) is 0 Å². The van der Waals surface area contributed by atoms with E-state index in [1.165, 1.54) is 0 Å². The van der Waals surface area contributed by atoms with E-state index in [-0.39, 0.29) is 11.3 Å². The van der Waals surface area contributed by atoms with E-state index in [1.807, 2.05) is 14.1 Å². The van der Waals surface area contributed by atoms with Gasteiger partial charge in [-0.1, -0.05) is 20.8 Å². The second-order valence-corrected chi connectivity index (χ2v) is 5.91. The Morgan fingerprint density at radius 2 is 1.82 bits per heavy atom. The van der Waals surface area contributed by atoms with Crippen molar-refractivity contribution in [3.8, 4) is 0 Å². The van der Waals surface area contributed by atoms with Crippen molar-refractivity contribution in [2.24, 2.45) is 11.1 Å². The third-order valence-corrected chi connectivity index (χ3v) is 3.42. The highest BCUT2D eigenvalue weighted by molar-refractivity contribution is 5.77. The molecule has 0 aromatic carbocycles. The standard InChI is InChI=1S/C13H29N3O/c1-11(13(2,3)4)16(6)10-12(17)15(5)9-7-8-14/h11H,7-10,14H2,1-6H3. The molecule has 0 heterocycles. The van der Waals surface area contributed by atoms with Crippen molar-refractivity contribution in [2.45, 2.75) is 40.2 Å². The minimum atomic E-state index is 0.164. The minimum absolute atomic E-state index is 0.164. The van der Waals surface area contributed by atoms with Crippen molar-refractivity contribution in [1.29, 1.82) is 0 Å². The van der Waals surface area contributed by atoms with Gasteiger partial charge in [-0.3, -0.25) is 9.69 Å². The zero-order chi connectivity index (χ0) is 13.6. The number of hydrogen-bond acceptors (Lipinski definition) is 3. The molecule has 2 N–H and O–H groups in total. The van der Waals surface area contributed by atoms with Gasteiger partial charge >= 0.3 is 0 Å². The summed E-state index contributed by atoms with van der Waals surface area (Å²) in [6.07, 6.45) is 0.862. The van der Waals surface area contributed by atoms with Crippen LogP contribution < -0.4 is 5.73 Å². The molecule has 0 fully saturated rings. The largest absolute Gasteiger partial charge is 0.345 e. The van der Waals surface area contributed by atoms with E-state index in [9.17, 15) is 4.79 Å². The van der Waals surface area contributed by atoms with Crippen LogP contribution in [0.1, 0.15) is 34.1 Å². The van der Waals surface area contributed by atoms with Gasteiger partial charge in [0.25, 0.3) is 0 Å². The van der Waals surface area contributed by atoms with Crippen molar-refractivity contribution >= 4 is 5.91 Å². The molecule has 0 saturated heterocycles. The van der Waals surface area contributed by atoms with Crippen molar-refractivity contribution in [3.63, 3.8) is 0 Å². The number of nitrogens with zero attached hydrogens (tertiary/aromatic N) is 2. The van der Waals surface area contributed by atoms with Gasteiger partial charge in [-0.2, -0.15) is 0 Å². The third-order valence-electron chi connectivity index (χ3n) is 3.42. The van der Waals surface area contributed by atoms with Crippen LogP contribution >= 0.6 is 0 Å². The summed E-state index contributed by atoms with van der Waals surface area (Å²) in [5.41, 5.74) is 5.62. The Kier molecular flexibility index (Phi) is 6.72. The predicted octanol–water partition coefficient (Wildman–Crippen LogP) is 1.16. The molecule has 4 nitrogen and oxygen atoms in total. The van der Waals surface area contributed by atoms with Crippen molar-refractivity contribution < 1.29 is 4.79 Å². The molecule has 0 rings (SSSR count). The normalized spacial score (nSPS) is 13.9. The van der Waals surface area contributed by atoms with Gasteiger partial charge in [0, 0.05) is 19.6 Å². The average Bonchev–Trinajstić information content (AvgIpc) is 2.23. The Labute approximate surface area is 106 Å². The molecule has 102 valence electrons. The number of hydrogen-bond donors (Lipinski definition) is 1. The Morgan fingerprint density at radius 1 is 1.29 bits per heavy atom. The minimum Gasteiger partial charge on any atom is -0.345 e. The number of carbonyl (C=O) groups excluding carboxylic acids is 1. The Balaban J connectivity index is 4.20. The van der Waals surface area contributed by atoms with Gasteiger partial charge in [0.15, 0.2) is 0 Å². The number of rotatable bonds is 6. The smallest absolute Gasteiger partial charge is 0.236 e. The van der Waals surface area contributed by atoms with Crippen LogP contribution in [0.2, 0.25) is 0 Å². The van der Waals surface area contributed by atoms with Crippen LogP contribution in [-0.4, -0.2) is 55.5 Å². The van der Waals surface area contributed by atoms with Crippen LogP contribution in [0.25, 0.3) is 0 Å². The second kappa shape index (κ2) is 6.97. The lowest BCUT2D eigenvalue weighted by molar-refractivity contribution is -0.131. The van der Waals surface area contributed by atoms with E-state index in [2.05, 4.69) is 32.6 Å². The number of carbonyl (C=O) groups is 1. The summed E-state index contributed by atoms with van der Waals surface area (Å²) in [7, 11) is 3.85. The maximum absolute atomic E-state index is 11.9. The first-order chi connectivity index (χ1) is 7.70. The zero-order valence-corrected chi connectivity index (χ0v) is 12.3. The van der Waals surface area contributed by atoms with Gasteiger partial charge < -0.3 is 10.6 Å². The van der Waals surface area contributed by atoms with E-state index in [0.29, 0.717) is 19.1 Å². The molecule has 0 bridgehead atoms. The van der Waals surface area contributed by atoms with E-state index in [4.69, 9.17) is 5.73 Å². The number of nitrogens with two attached hydrogens (primary N) is 1. The lowest BCUT2D eigenvalue weighted by atomic mass is 9.87. The van der Waals surface area contributed by atoms with E-state index < -0.39 is 0 Å². The Morgan fingerprint density at radius 3 is 2.24 bits per heavy atom. The predicted molar refractivity (Wildman–Crippen MR) is 72.9 cm³/mol. The summed E-state index contributed by atoms with van der Waals surface area (Å²) in [6, 6.07) is 0.370. The van der Waals surface area contributed by atoms with Gasteiger partial charge in [0.2, 0.25) is 5.91 Å². The van der Waals surface area contributed by atoms with E-state index in [0.717, 1.165) is 13.0 Å². The van der Waals surface area contributed by atoms with E-state index >= 15 is 0 Å². The fourth-order valence-corrected chi connectivity index (χ4v) is 1.59. The molecule has 0 saturated carbocycles. The first-order valence-corrected chi connectivity index (χ1v) is 6.34. The summed E-state index contributed by atoms with van der Waals surface area (Å²) >= 11 is 0. The average molecular weight is 243 g/mol. The summed E-state index contributed by atoms with van der Waals surface area (Å²) in [4.78, 5) is 15.8. The molecule has 17 heavy (non-hydrogen) atoms. The highest BCUT2D eigenvalue weighted by atomic mass is 16.2. The quantitative estimate of drug-likeness (QED) is 0.761. The summed E-state index contributed by atoms with van der Waals surface area (Å²) < 4.78 is 0. The molecule has 0 radical (unpaired) electrons. The van der Waals surface area contributed by atoms with Gasteiger partial charge in [-0.05, 0) is 32.4 Å². The highest BCUT2D eigenvalue weighted by Crippen LogP contribution is 2.22. The highest BCUT2D eigenvalue weighted by Gasteiger charge is 2.25. The van der Waals surface area contributed by atoms with Crippen LogP contribution in [-0.2, 0) is 4.79 Å². The summed E-state index contributed by atoms with van der Waals surface area (Å²) in [5.74, 6) is 0.164. The molecule has 1 unspecified atom stereocenters. The SMILES string of the molecule is CC(N(C)CC(=O)N(C)CCCN)C(C)(C)C. The molecule has 0 spiro atoms. The number of amides is 1. The molecule has 0 aromatic rings. The first-order valence-electron chi connectivity index (χ1n) is 6.34. The zero-order valence-electron chi connectivity index (χ0n) is 12.3. The van der Waals surface area contributed by atoms with Crippen LogP contribution in [0.4, 0.5) is 0 Å². The fourth-order valence-electron chi connectivity index (χ4n) is 1.59. The van der Waals surface area contributed by atoms with Crippen molar-refractivity contribution in [3.05, 3.63) is 0 Å². The molecule has 1 atom stereocenters. The van der Waals surface area contributed by atoms with Gasteiger partial charge in [-0.15, -0.1) is 0 Å². The van der Waals surface area contributed by atoms with E-state index in [1.54, 1.807) is 4.90 Å². The number of likely N-dealkylation sites (N-methyl/N-ethyl adjacent to an activating group) is 2. The van der Waals surface area contributed by atoms with Crippen LogP contribution in [0.3, 0.4) is 0 Å². The molecule has 0 aliphatic heterocycles. The monoisotopic (exact) mass is 243 g/mol. The van der Waals surface area contributed by atoms with Gasteiger partial charge in [0.1, 0.15) is 0 Å². The summed E-state index contributed by atoms with van der Waals surface area (Å²) in [6.45, 7) is 10.6. The lowest BCUT2D eigenvalue weighted by Gasteiger charge is -2.35. The Bertz CT molecular complexity index is 235. The molecule has 1 amide bonds. The second-order valence-electron chi connectivity index (χ2n) is 5.91. The topological polar surface area (TPSA) is 49.6 Å². The third kappa shape index (κ3) is 6.03. The Hall–Kier alpha value is -0.610. The molecular weight excluding hydrogens is 214 g/mol. The van der Waals surface area contributed by atoms with Gasteiger partial charge in [-0.25, -0.2) is 0 Å². The first kappa shape index (κ1) is 16.4. The van der Waals surface area contributed by atoms with Crippen LogP contribution in [0, 0.1) is 5.41 Å². The van der Waals surface area contributed by atoms with Gasteiger partial charge in [0.05, 0.1) is 6.54 Å². The molecule has 0 aliphatic carbocycles. The maximum Gasteiger partial charge on any atom is 0.236 e. The fraction of sp³-hybridized carbons (Fsp3) is 0.923. The van der Waals surface area contributed by atoms with Crippen molar-refractivity contribution in [2.75, 3.05) is 33.7 Å². The molecule has 0 aliphatic rings.